The highest BCUT2D eigenvalue weighted by atomic mass is 32.1. The van der Waals surface area contributed by atoms with Crippen LogP contribution in [-0.2, 0) is 0 Å². The quantitative estimate of drug-likeness (QED) is 0.167. The largest absolute Gasteiger partial charge is 0.278 e. The molecule has 0 spiro atoms. The van der Waals surface area contributed by atoms with Crippen LogP contribution in [0.25, 0.3) is 124 Å². The van der Waals surface area contributed by atoms with Gasteiger partial charge in [0.25, 0.3) is 0 Å². The highest BCUT2D eigenvalue weighted by molar-refractivity contribution is 7.26. The van der Waals surface area contributed by atoms with Crippen LogP contribution in [0.1, 0.15) is 0 Å². The SMILES string of the molecule is c1ccc(-c2cccc(-c3cc(-c4ccccc4)nc(-n4c5ccc(-c6cccc7c6sc6ccccc67)cc5c5cc(-c6cccc7c6sc6ccccc67)ccc54)n3)c2)cc1. The third kappa shape index (κ3) is 5.93. The maximum atomic E-state index is 5.45. The Bertz CT molecular complexity index is 3740. The normalized spacial score (nSPS) is 11.8. The highest BCUT2D eigenvalue weighted by Gasteiger charge is 2.21. The third-order valence-electron chi connectivity index (χ3n) is 12.4. The summed E-state index contributed by atoms with van der Waals surface area (Å²) in [5, 5.41) is 7.52. The van der Waals surface area contributed by atoms with Gasteiger partial charge in [0.05, 0.1) is 22.4 Å². The van der Waals surface area contributed by atoms with E-state index in [9.17, 15) is 0 Å². The Morgan fingerprint density at radius 1 is 0.302 bits per heavy atom. The minimum Gasteiger partial charge on any atom is -0.278 e. The summed E-state index contributed by atoms with van der Waals surface area (Å²) in [5.74, 6) is 0.634. The first-order valence-corrected chi connectivity index (χ1v) is 22.9. The van der Waals surface area contributed by atoms with E-state index in [4.69, 9.17) is 9.97 Å². The molecule has 0 unspecified atom stereocenters. The van der Waals surface area contributed by atoms with Gasteiger partial charge in [0.15, 0.2) is 0 Å². The second-order valence-electron chi connectivity index (χ2n) is 16.1. The van der Waals surface area contributed by atoms with Crippen LogP contribution < -0.4 is 0 Å². The maximum Gasteiger partial charge on any atom is 0.235 e. The third-order valence-corrected chi connectivity index (χ3v) is 14.9. The zero-order valence-corrected chi connectivity index (χ0v) is 35.5. The fourth-order valence-electron chi connectivity index (χ4n) is 9.45. The molecule has 0 saturated heterocycles. The van der Waals surface area contributed by atoms with Gasteiger partial charge in [0.1, 0.15) is 0 Å². The molecule has 0 bridgehead atoms. The molecule has 0 atom stereocenters. The van der Waals surface area contributed by atoms with Gasteiger partial charge < -0.3 is 0 Å². The number of benzene rings is 9. The summed E-state index contributed by atoms with van der Waals surface area (Å²) in [5.41, 5.74) is 13.1. The first-order chi connectivity index (χ1) is 31.2. The topological polar surface area (TPSA) is 30.7 Å². The Morgan fingerprint density at radius 2 is 0.762 bits per heavy atom. The predicted octanol–water partition coefficient (Wildman–Crippen LogP) is 16.6. The van der Waals surface area contributed by atoms with Crippen molar-refractivity contribution in [1.82, 2.24) is 14.5 Å². The monoisotopic (exact) mass is 837 g/mol. The van der Waals surface area contributed by atoms with E-state index in [2.05, 4.69) is 217 Å². The van der Waals surface area contributed by atoms with Crippen molar-refractivity contribution in [3.05, 3.63) is 212 Å². The van der Waals surface area contributed by atoms with Gasteiger partial charge in [-0.05, 0) is 81.9 Å². The molecule has 0 aliphatic rings. The van der Waals surface area contributed by atoms with E-state index in [0.717, 1.165) is 49.9 Å². The minimum absolute atomic E-state index is 0.634. The van der Waals surface area contributed by atoms with E-state index in [1.807, 2.05) is 22.7 Å². The van der Waals surface area contributed by atoms with Crippen LogP contribution in [0.2, 0.25) is 0 Å². The molecule has 0 N–H and O–H groups in total. The van der Waals surface area contributed by atoms with Crippen molar-refractivity contribution < 1.29 is 0 Å². The smallest absolute Gasteiger partial charge is 0.235 e. The molecule has 9 aromatic carbocycles. The number of aromatic nitrogens is 3. The maximum absolute atomic E-state index is 5.45. The molecule has 63 heavy (non-hydrogen) atoms. The zero-order valence-electron chi connectivity index (χ0n) is 33.9. The lowest BCUT2D eigenvalue weighted by molar-refractivity contribution is 0.996. The van der Waals surface area contributed by atoms with Gasteiger partial charge in [0, 0.05) is 62.2 Å². The molecule has 0 saturated carbocycles. The summed E-state index contributed by atoms with van der Waals surface area (Å²) in [4.78, 5) is 10.9. The molecule has 0 radical (unpaired) electrons. The Kier molecular flexibility index (Phi) is 8.26. The lowest BCUT2D eigenvalue weighted by atomic mass is 9.98. The zero-order chi connectivity index (χ0) is 41.4. The molecular weight excluding hydrogens is 803 g/mol. The Morgan fingerprint density at radius 3 is 1.35 bits per heavy atom. The number of fused-ring (bicyclic) bond motifs is 9. The molecule has 5 heteroatoms. The molecule has 0 amide bonds. The van der Waals surface area contributed by atoms with Gasteiger partial charge in [-0.25, -0.2) is 9.97 Å². The van der Waals surface area contributed by atoms with E-state index in [1.165, 1.54) is 68.2 Å². The van der Waals surface area contributed by atoms with Gasteiger partial charge >= 0.3 is 0 Å². The Labute approximate surface area is 371 Å². The second-order valence-corrected chi connectivity index (χ2v) is 18.2. The predicted molar refractivity (Wildman–Crippen MR) is 269 cm³/mol. The van der Waals surface area contributed by atoms with Crippen LogP contribution in [0.5, 0.6) is 0 Å². The number of nitrogens with zero attached hydrogens (tertiary/aromatic N) is 3. The first kappa shape index (κ1) is 36.0. The van der Waals surface area contributed by atoms with E-state index in [0.29, 0.717) is 5.95 Å². The van der Waals surface area contributed by atoms with Gasteiger partial charge in [0.2, 0.25) is 5.95 Å². The van der Waals surface area contributed by atoms with Crippen molar-refractivity contribution in [2.24, 2.45) is 0 Å². The van der Waals surface area contributed by atoms with Crippen molar-refractivity contribution >= 4 is 84.8 Å². The summed E-state index contributed by atoms with van der Waals surface area (Å²) in [6.45, 7) is 0. The average molecular weight is 838 g/mol. The second kappa shape index (κ2) is 14.5. The Hall–Kier alpha value is -7.70. The van der Waals surface area contributed by atoms with E-state index in [-0.39, 0.29) is 0 Å². The van der Waals surface area contributed by atoms with Gasteiger partial charge in [-0.2, -0.15) is 0 Å². The molecular formula is C58H35N3S2. The fourth-order valence-corrected chi connectivity index (χ4v) is 11.9. The van der Waals surface area contributed by atoms with Crippen molar-refractivity contribution in [3.8, 4) is 61.8 Å². The molecule has 4 aromatic heterocycles. The average Bonchev–Trinajstić information content (AvgIpc) is 4.04. The molecule has 0 fully saturated rings. The van der Waals surface area contributed by atoms with Crippen LogP contribution in [0.3, 0.4) is 0 Å². The van der Waals surface area contributed by atoms with Gasteiger partial charge in [-0.15, -0.1) is 22.7 Å². The molecule has 4 heterocycles. The van der Waals surface area contributed by atoms with Gasteiger partial charge in [-0.1, -0.05) is 164 Å². The molecule has 3 nitrogen and oxygen atoms in total. The number of hydrogen-bond acceptors (Lipinski definition) is 4. The summed E-state index contributed by atoms with van der Waals surface area (Å²) in [6.07, 6.45) is 0. The van der Waals surface area contributed by atoms with Gasteiger partial charge in [-0.3, -0.25) is 4.57 Å². The standard InChI is InChI=1S/C58H35N3S2/c1-3-14-36(15-4-1)38-18-11-19-41(32-38)51-35-50(37-16-5-2-6-17-37)59-58(60-51)61-52-30-28-39(42-22-12-24-46-44-20-7-9-26-54(44)62-56(42)46)33-48(52)49-34-40(29-31-53(49)61)43-23-13-25-47-45-21-8-10-27-55(45)63-57(43)47/h1-35H. The molecule has 294 valence electrons. The van der Waals surface area contributed by atoms with E-state index < -0.39 is 0 Å². The lowest BCUT2D eigenvalue weighted by Gasteiger charge is -2.13. The number of rotatable bonds is 6. The highest BCUT2D eigenvalue weighted by Crippen LogP contribution is 2.44. The number of thiophene rings is 2. The molecule has 13 rings (SSSR count). The molecule has 13 aromatic rings. The first-order valence-electron chi connectivity index (χ1n) is 21.2. The van der Waals surface area contributed by atoms with E-state index in [1.54, 1.807) is 0 Å². The van der Waals surface area contributed by atoms with Crippen LogP contribution >= 0.6 is 22.7 Å². The Balaban J connectivity index is 1.07. The van der Waals surface area contributed by atoms with Crippen molar-refractivity contribution in [3.63, 3.8) is 0 Å². The summed E-state index contributed by atoms with van der Waals surface area (Å²) < 4.78 is 7.49. The van der Waals surface area contributed by atoms with Crippen LogP contribution in [0.15, 0.2) is 212 Å². The lowest BCUT2D eigenvalue weighted by Crippen LogP contribution is -2.04. The van der Waals surface area contributed by atoms with Crippen LogP contribution in [0, 0.1) is 0 Å². The summed E-state index contributed by atoms with van der Waals surface area (Å²) in [6, 6.07) is 76.6. The van der Waals surface area contributed by atoms with Crippen molar-refractivity contribution in [1.29, 1.82) is 0 Å². The minimum atomic E-state index is 0.634. The van der Waals surface area contributed by atoms with Crippen molar-refractivity contribution in [2.75, 3.05) is 0 Å². The fraction of sp³-hybridized carbons (Fsp3) is 0. The van der Waals surface area contributed by atoms with Crippen LogP contribution in [-0.4, -0.2) is 14.5 Å². The van der Waals surface area contributed by atoms with E-state index >= 15 is 0 Å². The summed E-state index contributed by atoms with van der Waals surface area (Å²) >= 11 is 3.74. The molecule has 0 aliphatic carbocycles. The number of hydrogen-bond donors (Lipinski definition) is 0. The van der Waals surface area contributed by atoms with Crippen LogP contribution in [0.4, 0.5) is 0 Å². The molecule has 0 aliphatic heterocycles. The van der Waals surface area contributed by atoms with Crippen molar-refractivity contribution in [2.45, 2.75) is 0 Å². The summed E-state index contributed by atoms with van der Waals surface area (Å²) in [7, 11) is 0.